The molecule has 0 aromatic carbocycles. The molecule has 1 heterocycles. The van der Waals surface area contributed by atoms with Crippen LogP contribution in [-0.4, -0.2) is 23.2 Å². The van der Waals surface area contributed by atoms with Crippen molar-refractivity contribution in [3.05, 3.63) is 23.9 Å². The average Bonchev–Trinajstić information content (AvgIpc) is 2.17. The Labute approximate surface area is 85.0 Å². The van der Waals surface area contributed by atoms with E-state index in [-0.39, 0.29) is 19.0 Å². The molecule has 0 unspecified atom stereocenters. The number of pyridine rings is 1. The Balaban J connectivity index is 2.78. The second-order valence-electron chi connectivity index (χ2n) is 2.90. The smallest absolute Gasteiger partial charge is 0.396 e. The Morgan fingerprint density at radius 3 is 2.73 bits per heavy atom. The first-order valence-corrected chi connectivity index (χ1v) is 4.42. The van der Waals surface area contributed by atoms with Crippen molar-refractivity contribution in [2.45, 2.75) is 12.6 Å². The molecule has 0 amide bonds. The van der Waals surface area contributed by atoms with E-state index in [0.29, 0.717) is 6.42 Å². The van der Waals surface area contributed by atoms with E-state index in [1.165, 1.54) is 12.3 Å². The quantitative estimate of drug-likeness (QED) is 0.761. The zero-order chi connectivity index (χ0) is 11.3. The Kier molecular flexibility index (Phi) is 3.90. The number of aromatic nitrogens is 1. The van der Waals surface area contributed by atoms with E-state index in [0.717, 1.165) is 6.07 Å². The summed E-state index contributed by atoms with van der Waals surface area (Å²) in [4.78, 5) is 3.60. The van der Waals surface area contributed by atoms with E-state index >= 15 is 0 Å². The number of aliphatic hydroxyl groups is 1. The minimum atomic E-state index is -4.41. The van der Waals surface area contributed by atoms with E-state index < -0.39 is 11.7 Å². The molecule has 0 aliphatic heterocycles. The first-order chi connectivity index (χ1) is 7.05. The van der Waals surface area contributed by atoms with Crippen LogP contribution in [0, 0.1) is 0 Å². The van der Waals surface area contributed by atoms with Crippen LogP contribution in [0.5, 0.6) is 0 Å². The fraction of sp³-hybridized carbons (Fsp3) is 0.444. The summed E-state index contributed by atoms with van der Waals surface area (Å²) in [6.45, 7) is 0.192. The van der Waals surface area contributed by atoms with Crippen LogP contribution in [0.2, 0.25) is 0 Å². The Morgan fingerprint density at radius 2 is 2.13 bits per heavy atom. The van der Waals surface area contributed by atoms with Crippen LogP contribution in [0.1, 0.15) is 12.0 Å². The lowest BCUT2D eigenvalue weighted by atomic mass is 10.2. The maximum atomic E-state index is 12.4. The Bertz CT molecular complexity index is 314. The molecule has 0 fully saturated rings. The van der Waals surface area contributed by atoms with Gasteiger partial charge >= 0.3 is 6.18 Å². The van der Waals surface area contributed by atoms with Gasteiger partial charge in [-0.15, -0.1) is 0 Å². The van der Waals surface area contributed by atoms with E-state index in [2.05, 4.69) is 10.3 Å². The maximum Gasteiger partial charge on any atom is 0.419 e. The SMILES string of the molecule is OCCCNc1ncccc1C(F)(F)F. The second-order valence-corrected chi connectivity index (χ2v) is 2.90. The molecule has 3 nitrogen and oxygen atoms in total. The van der Waals surface area contributed by atoms with Gasteiger partial charge in [-0.3, -0.25) is 0 Å². The van der Waals surface area contributed by atoms with Crippen LogP contribution in [0.4, 0.5) is 19.0 Å². The summed E-state index contributed by atoms with van der Waals surface area (Å²) in [6.07, 6.45) is -2.74. The molecule has 15 heavy (non-hydrogen) atoms. The molecule has 84 valence electrons. The molecule has 1 aromatic rings. The van der Waals surface area contributed by atoms with Gasteiger partial charge in [0.1, 0.15) is 5.82 Å². The fourth-order valence-corrected chi connectivity index (χ4v) is 1.06. The van der Waals surface area contributed by atoms with Gasteiger partial charge in [-0.2, -0.15) is 13.2 Å². The molecular weight excluding hydrogens is 209 g/mol. The predicted octanol–water partition coefficient (Wildman–Crippen LogP) is 1.89. The molecule has 2 N–H and O–H groups in total. The summed E-state index contributed by atoms with van der Waals surface area (Å²) < 4.78 is 37.3. The Morgan fingerprint density at radius 1 is 1.40 bits per heavy atom. The third-order valence-electron chi connectivity index (χ3n) is 1.74. The summed E-state index contributed by atoms with van der Waals surface area (Å²) in [5.41, 5.74) is -0.789. The predicted molar refractivity (Wildman–Crippen MR) is 49.4 cm³/mol. The van der Waals surface area contributed by atoms with Gasteiger partial charge < -0.3 is 10.4 Å². The molecule has 0 bridgehead atoms. The maximum absolute atomic E-state index is 12.4. The lowest BCUT2D eigenvalue weighted by molar-refractivity contribution is -0.137. The number of rotatable bonds is 4. The molecule has 0 radical (unpaired) electrons. The molecule has 6 heteroatoms. The van der Waals surface area contributed by atoms with E-state index in [1.807, 2.05) is 0 Å². The highest BCUT2D eigenvalue weighted by Gasteiger charge is 2.33. The molecule has 0 atom stereocenters. The third-order valence-corrected chi connectivity index (χ3v) is 1.74. The minimum absolute atomic E-state index is 0.0683. The van der Waals surface area contributed by atoms with E-state index in [1.54, 1.807) is 0 Å². The zero-order valence-corrected chi connectivity index (χ0v) is 7.88. The molecular formula is C9H11F3N2O. The number of hydrogen-bond donors (Lipinski definition) is 2. The van der Waals surface area contributed by atoms with Gasteiger partial charge in [-0.1, -0.05) is 0 Å². The van der Waals surface area contributed by atoms with E-state index in [9.17, 15) is 13.2 Å². The summed E-state index contributed by atoms with van der Waals surface area (Å²) in [6, 6.07) is 2.20. The van der Waals surface area contributed by atoms with Crippen molar-refractivity contribution in [1.29, 1.82) is 0 Å². The number of alkyl halides is 3. The number of nitrogens with one attached hydrogen (secondary N) is 1. The summed E-state index contributed by atoms with van der Waals surface area (Å²) in [5.74, 6) is -0.196. The molecule has 0 aliphatic rings. The van der Waals surface area contributed by atoms with Gasteiger partial charge in [0.15, 0.2) is 0 Å². The third kappa shape index (κ3) is 3.39. The molecule has 0 saturated heterocycles. The largest absolute Gasteiger partial charge is 0.419 e. The van der Waals surface area contributed by atoms with Crippen LogP contribution >= 0.6 is 0 Å². The van der Waals surface area contributed by atoms with Gasteiger partial charge in [0.05, 0.1) is 5.56 Å². The molecule has 1 aromatic heterocycles. The molecule has 0 aliphatic carbocycles. The lowest BCUT2D eigenvalue weighted by Crippen LogP contribution is -2.13. The summed E-state index contributed by atoms with van der Waals surface area (Å²) >= 11 is 0. The zero-order valence-electron chi connectivity index (χ0n) is 7.88. The number of anilines is 1. The van der Waals surface area contributed by atoms with Crippen molar-refractivity contribution >= 4 is 5.82 Å². The van der Waals surface area contributed by atoms with Gasteiger partial charge in [0.2, 0.25) is 0 Å². The minimum Gasteiger partial charge on any atom is -0.396 e. The molecule has 0 saturated carbocycles. The highest BCUT2D eigenvalue weighted by atomic mass is 19.4. The van der Waals surface area contributed by atoms with Crippen molar-refractivity contribution in [3.63, 3.8) is 0 Å². The van der Waals surface area contributed by atoms with Crippen LogP contribution in [0.25, 0.3) is 0 Å². The number of nitrogens with zero attached hydrogens (tertiary/aromatic N) is 1. The number of hydrogen-bond acceptors (Lipinski definition) is 3. The van der Waals surface area contributed by atoms with E-state index in [4.69, 9.17) is 5.11 Å². The lowest BCUT2D eigenvalue weighted by Gasteiger charge is -2.12. The van der Waals surface area contributed by atoms with Gasteiger partial charge in [0, 0.05) is 19.3 Å². The van der Waals surface area contributed by atoms with Crippen LogP contribution < -0.4 is 5.32 Å². The normalized spacial score (nSPS) is 11.5. The van der Waals surface area contributed by atoms with Gasteiger partial charge in [-0.25, -0.2) is 4.98 Å². The second kappa shape index (κ2) is 4.97. The van der Waals surface area contributed by atoms with Crippen molar-refractivity contribution in [2.75, 3.05) is 18.5 Å². The first kappa shape index (κ1) is 11.8. The number of aliphatic hydroxyl groups excluding tert-OH is 1. The summed E-state index contributed by atoms with van der Waals surface area (Å²) in [7, 11) is 0. The number of halogens is 3. The van der Waals surface area contributed by atoms with Crippen LogP contribution in [-0.2, 0) is 6.18 Å². The van der Waals surface area contributed by atoms with Crippen molar-refractivity contribution in [1.82, 2.24) is 4.98 Å². The van der Waals surface area contributed by atoms with Crippen molar-refractivity contribution in [3.8, 4) is 0 Å². The first-order valence-electron chi connectivity index (χ1n) is 4.42. The fourth-order valence-electron chi connectivity index (χ4n) is 1.06. The monoisotopic (exact) mass is 220 g/mol. The van der Waals surface area contributed by atoms with Crippen LogP contribution in [0.15, 0.2) is 18.3 Å². The highest BCUT2D eigenvalue weighted by molar-refractivity contribution is 5.45. The van der Waals surface area contributed by atoms with Gasteiger partial charge in [0.25, 0.3) is 0 Å². The molecule has 0 spiro atoms. The topological polar surface area (TPSA) is 45.1 Å². The highest BCUT2D eigenvalue weighted by Crippen LogP contribution is 2.33. The summed E-state index contributed by atoms with van der Waals surface area (Å²) in [5, 5.41) is 11.0. The van der Waals surface area contributed by atoms with Crippen LogP contribution in [0.3, 0.4) is 0 Å². The standard InChI is InChI=1S/C9H11F3N2O/c10-9(11,12)7-3-1-4-13-8(7)14-5-2-6-15/h1,3-4,15H,2,5-6H2,(H,13,14). The Hall–Kier alpha value is -1.30. The van der Waals surface area contributed by atoms with Crippen molar-refractivity contribution < 1.29 is 18.3 Å². The van der Waals surface area contributed by atoms with Gasteiger partial charge in [-0.05, 0) is 18.6 Å². The van der Waals surface area contributed by atoms with Crippen molar-refractivity contribution in [2.24, 2.45) is 0 Å². The average molecular weight is 220 g/mol. The molecule has 1 rings (SSSR count).